The minimum absolute atomic E-state index is 0.0327. The van der Waals surface area contributed by atoms with Gasteiger partial charge in [-0.15, -0.1) is 0 Å². The second kappa shape index (κ2) is 11.4. The lowest BCUT2D eigenvalue weighted by Crippen LogP contribution is -2.32. The van der Waals surface area contributed by atoms with Crippen molar-refractivity contribution >= 4 is 21.8 Å². The average molecular weight is 529 g/mol. The molecule has 0 amide bonds. The van der Waals surface area contributed by atoms with E-state index in [1.807, 2.05) is 24.5 Å². The van der Waals surface area contributed by atoms with E-state index in [2.05, 4.69) is 0 Å². The Hall–Kier alpha value is -3.37. The highest BCUT2D eigenvalue weighted by Gasteiger charge is 2.29. The van der Waals surface area contributed by atoms with E-state index in [0.29, 0.717) is 25.2 Å². The van der Waals surface area contributed by atoms with E-state index in [0.717, 1.165) is 42.8 Å². The number of hydrogen-bond acceptors (Lipinski definition) is 7. The molecule has 3 aromatic rings. The molecular formula is C27H32N2O7S. The quantitative estimate of drug-likeness (QED) is 0.300. The lowest BCUT2D eigenvalue weighted by Gasteiger charge is -2.21. The third-order valence-electron chi connectivity index (χ3n) is 6.68. The molecule has 0 radical (unpaired) electrons. The van der Waals surface area contributed by atoms with Gasteiger partial charge in [-0.25, -0.2) is 13.2 Å². The molecule has 10 heteroatoms. The maximum Gasteiger partial charge on any atom is 0.338 e. The summed E-state index contributed by atoms with van der Waals surface area (Å²) >= 11 is 0. The average Bonchev–Trinajstić information content (AvgIpc) is 3.39. The molecule has 37 heavy (non-hydrogen) atoms. The normalized spacial score (nSPS) is 14.8. The molecule has 0 spiro atoms. The van der Waals surface area contributed by atoms with Crippen molar-refractivity contribution in [1.29, 1.82) is 0 Å². The van der Waals surface area contributed by atoms with E-state index in [9.17, 15) is 18.0 Å². The molecule has 0 N–H and O–H groups in total. The Kier molecular flexibility index (Phi) is 8.19. The van der Waals surface area contributed by atoms with Crippen LogP contribution in [0.4, 0.5) is 0 Å². The molecule has 1 aliphatic heterocycles. The Bertz CT molecular complexity index is 1370. The van der Waals surface area contributed by atoms with Gasteiger partial charge in [0.2, 0.25) is 15.8 Å². The molecule has 1 aliphatic rings. The van der Waals surface area contributed by atoms with E-state index in [4.69, 9.17) is 13.9 Å². The molecule has 3 heterocycles. The van der Waals surface area contributed by atoms with Crippen LogP contribution in [-0.4, -0.2) is 55.8 Å². The standard InChI is InChI=1S/C27H32N2O7S/c1-19-15-23(20(2)29(19)17-22-9-8-14-35-22)24(30)18-36-27(31)21-10-11-25(34-3)26(16-21)37(32,33)28-12-6-4-5-7-13-28/h8-11,14-16H,4-7,12-13,17-18H2,1-3H3. The summed E-state index contributed by atoms with van der Waals surface area (Å²) in [6.45, 7) is 4.58. The van der Waals surface area contributed by atoms with Gasteiger partial charge in [-0.05, 0) is 63.1 Å². The zero-order valence-electron chi connectivity index (χ0n) is 21.4. The van der Waals surface area contributed by atoms with Crippen LogP contribution in [0.1, 0.15) is 63.5 Å². The molecule has 4 rings (SSSR count). The first-order valence-corrected chi connectivity index (χ1v) is 13.7. The van der Waals surface area contributed by atoms with E-state index < -0.39 is 22.6 Å². The largest absolute Gasteiger partial charge is 0.495 e. The summed E-state index contributed by atoms with van der Waals surface area (Å²) < 4.78 is 46.1. The molecule has 0 atom stereocenters. The van der Waals surface area contributed by atoms with Crippen LogP contribution in [0.15, 0.2) is 52.0 Å². The van der Waals surface area contributed by atoms with Crippen LogP contribution in [0.2, 0.25) is 0 Å². The smallest absolute Gasteiger partial charge is 0.338 e. The van der Waals surface area contributed by atoms with Crippen molar-refractivity contribution in [3.63, 3.8) is 0 Å². The van der Waals surface area contributed by atoms with Crippen LogP contribution in [0, 0.1) is 13.8 Å². The van der Waals surface area contributed by atoms with E-state index in [-0.39, 0.29) is 22.0 Å². The zero-order chi connectivity index (χ0) is 26.6. The number of aryl methyl sites for hydroxylation is 1. The highest BCUT2D eigenvalue weighted by atomic mass is 32.2. The first-order chi connectivity index (χ1) is 17.7. The van der Waals surface area contributed by atoms with Crippen molar-refractivity contribution < 1.29 is 31.9 Å². The number of hydrogen-bond donors (Lipinski definition) is 0. The number of Topliss-reactive ketones (excluding diaryl/α,β-unsaturated/α-hetero) is 1. The van der Waals surface area contributed by atoms with Crippen LogP contribution in [0.5, 0.6) is 5.75 Å². The summed E-state index contributed by atoms with van der Waals surface area (Å²) in [6, 6.07) is 9.56. The summed E-state index contributed by atoms with van der Waals surface area (Å²) in [4.78, 5) is 25.6. The third kappa shape index (κ3) is 5.80. The summed E-state index contributed by atoms with van der Waals surface area (Å²) in [6.07, 6.45) is 5.13. The van der Waals surface area contributed by atoms with Crippen molar-refractivity contribution in [3.05, 3.63) is 70.9 Å². The van der Waals surface area contributed by atoms with Gasteiger partial charge in [0.15, 0.2) is 6.61 Å². The minimum Gasteiger partial charge on any atom is -0.495 e. The molecule has 0 aliphatic carbocycles. The van der Waals surface area contributed by atoms with Crippen LogP contribution in [-0.2, 0) is 21.3 Å². The van der Waals surface area contributed by atoms with E-state index >= 15 is 0 Å². The molecule has 0 unspecified atom stereocenters. The van der Waals surface area contributed by atoms with E-state index in [1.54, 1.807) is 18.4 Å². The Balaban J connectivity index is 1.49. The molecule has 0 saturated carbocycles. The Morgan fingerprint density at radius 2 is 1.76 bits per heavy atom. The molecular weight excluding hydrogens is 496 g/mol. The second-order valence-electron chi connectivity index (χ2n) is 9.13. The minimum atomic E-state index is -3.86. The molecule has 1 fully saturated rings. The lowest BCUT2D eigenvalue weighted by atomic mass is 10.1. The monoisotopic (exact) mass is 528 g/mol. The van der Waals surface area contributed by atoms with Crippen molar-refractivity contribution in [2.24, 2.45) is 0 Å². The number of ketones is 1. The van der Waals surface area contributed by atoms with Crippen LogP contribution in [0.25, 0.3) is 0 Å². The first-order valence-electron chi connectivity index (χ1n) is 12.3. The van der Waals surface area contributed by atoms with Crippen molar-refractivity contribution in [1.82, 2.24) is 8.87 Å². The van der Waals surface area contributed by atoms with Crippen LogP contribution < -0.4 is 4.74 Å². The van der Waals surface area contributed by atoms with E-state index in [1.165, 1.54) is 29.6 Å². The number of carbonyl (C=O) groups excluding carboxylic acids is 2. The number of furan rings is 1. The Morgan fingerprint density at radius 3 is 2.41 bits per heavy atom. The zero-order valence-corrected chi connectivity index (χ0v) is 22.2. The predicted molar refractivity (Wildman–Crippen MR) is 137 cm³/mol. The number of carbonyl (C=O) groups is 2. The fraction of sp³-hybridized carbons (Fsp3) is 0.407. The summed E-state index contributed by atoms with van der Waals surface area (Å²) in [5.74, 6) is -0.218. The molecule has 198 valence electrons. The number of sulfonamides is 1. The van der Waals surface area contributed by atoms with Gasteiger partial charge < -0.3 is 18.5 Å². The summed E-state index contributed by atoms with van der Waals surface area (Å²) in [7, 11) is -2.48. The topological polar surface area (TPSA) is 108 Å². The Labute approximate surface area is 217 Å². The number of methoxy groups -OCH3 is 1. The maximum atomic E-state index is 13.4. The number of benzene rings is 1. The van der Waals surface area contributed by atoms with Gasteiger partial charge in [-0.1, -0.05) is 12.8 Å². The second-order valence-corrected chi connectivity index (χ2v) is 11.0. The number of ether oxygens (including phenoxy) is 2. The fourth-order valence-corrected chi connectivity index (χ4v) is 6.30. The predicted octanol–water partition coefficient (Wildman–Crippen LogP) is 4.36. The van der Waals surface area contributed by atoms with Crippen LogP contribution >= 0.6 is 0 Å². The number of aromatic nitrogens is 1. The van der Waals surface area contributed by atoms with Gasteiger partial charge in [-0.3, -0.25) is 4.79 Å². The number of nitrogens with zero attached hydrogens (tertiary/aromatic N) is 2. The molecule has 1 saturated heterocycles. The van der Waals surface area contributed by atoms with Gasteiger partial charge in [-0.2, -0.15) is 4.31 Å². The van der Waals surface area contributed by atoms with Gasteiger partial charge in [0.25, 0.3) is 0 Å². The number of rotatable bonds is 9. The third-order valence-corrected chi connectivity index (χ3v) is 8.60. The highest BCUT2D eigenvalue weighted by Crippen LogP contribution is 2.30. The van der Waals surface area contributed by atoms with Crippen LogP contribution in [0.3, 0.4) is 0 Å². The maximum absolute atomic E-state index is 13.4. The van der Waals surface area contributed by atoms with Gasteiger partial charge in [0, 0.05) is 30.0 Å². The Morgan fingerprint density at radius 1 is 1.03 bits per heavy atom. The van der Waals surface area contributed by atoms with Gasteiger partial charge >= 0.3 is 5.97 Å². The molecule has 9 nitrogen and oxygen atoms in total. The SMILES string of the molecule is COc1ccc(C(=O)OCC(=O)c2cc(C)n(Cc3ccco3)c2C)cc1S(=O)(=O)N1CCCCCC1. The fourth-order valence-electron chi connectivity index (χ4n) is 4.60. The van der Waals surface area contributed by atoms with Gasteiger partial charge in [0.1, 0.15) is 16.4 Å². The van der Waals surface area contributed by atoms with Crippen molar-refractivity contribution in [2.75, 3.05) is 26.8 Å². The molecule has 1 aromatic carbocycles. The summed E-state index contributed by atoms with van der Waals surface area (Å²) in [5, 5.41) is 0. The van der Waals surface area contributed by atoms with Crippen molar-refractivity contribution in [3.8, 4) is 5.75 Å². The number of esters is 1. The van der Waals surface area contributed by atoms with Gasteiger partial charge in [0.05, 0.1) is 25.5 Å². The first kappa shape index (κ1) is 26.7. The van der Waals surface area contributed by atoms with Crippen molar-refractivity contribution in [2.45, 2.75) is 51.0 Å². The summed E-state index contributed by atoms with van der Waals surface area (Å²) in [5.41, 5.74) is 2.11. The molecule has 0 bridgehead atoms. The lowest BCUT2D eigenvalue weighted by molar-refractivity contribution is 0.0474. The molecule has 2 aromatic heterocycles. The highest BCUT2D eigenvalue weighted by molar-refractivity contribution is 7.89.